The van der Waals surface area contributed by atoms with Gasteiger partial charge in [-0.25, -0.2) is 0 Å². The predicted molar refractivity (Wildman–Crippen MR) is 91.9 cm³/mol. The topological polar surface area (TPSA) is 34.0 Å². The zero-order valence-electron chi connectivity index (χ0n) is 12.8. The molecule has 0 radical (unpaired) electrons. The minimum absolute atomic E-state index is 0.0674. The number of hydrogen-bond acceptors (Lipinski definition) is 1. The number of hydrogen-bond donors (Lipinski definition) is 1. The minimum Gasteiger partial charge on any atom is -0.352 e. The van der Waals surface area contributed by atoms with E-state index in [-0.39, 0.29) is 5.91 Å². The van der Waals surface area contributed by atoms with Crippen molar-refractivity contribution in [2.24, 2.45) is 0 Å². The van der Waals surface area contributed by atoms with Gasteiger partial charge in [0.15, 0.2) is 0 Å². The van der Waals surface area contributed by atoms with Gasteiger partial charge in [-0.3, -0.25) is 4.79 Å². The van der Waals surface area contributed by atoms with Gasteiger partial charge in [0.05, 0.1) is 0 Å². The van der Waals surface area contributed by atoms with Crippen LogP contribution in [0, 0.1) is 0 Å². The highest BCUT2D eigenvalue weighted by Gasteiger charge is 2.09. The molecule has 0 atom stereocenters. The molecule has 112 valence electrons. The first-order valence-corrected chi connectivity index (χ1v) is 7.58. The van der Waals surface area contributed by atoms with E-state index in [2.05, 4.69) is 65.0 Å². The lowest BCUT2D eigenvalue weighted by atomic mass is 10.2. The Bertz CT molecular complexity index is 792. The van der Waals surface area contributed by atoms with Crippen molar-refractivity contribution in [1.82, 2.24) is 9.88 Å². The van der Waals surface area contributed by atoms with Crippen molar-refractivity contribution in [1.29, 1.82) is 0 Å². The van der Waals surface area contributed by atoms with E-state index in [0.29, 0.717) is 12.1 Å². The van der Waals surface area contributed by atoms with E-state index >= 15 is 0 Å². The molecule has 0 unspecified atom stereocenters. The van der Waals surface area contributed by atoms with Gasteiger partial charge in [-0.15, -0.1) is 0 Å². The number of benzene rings is 2. The van der Waals surface area contributed by atoms with Crippen LogP contribution in [-0.2, 0) is 11.3 Å². The number of nitrogens with zero attached hydrogens (tertiary/aromatic N) is 1. The summed E-state index contributed by atoms with van der Waals surface area (Å²) in [6, 6.07) is 16.9. The molecule has 3 aromatic rings. The first-order chi connectivity index (χ1) is 10.7. The molecule has 3 nitrogen and oxygen atoms in total. The summed E-state index contributed by atoms with van der Waals surface area (Å²) in [4.78, 5) is 11.5. The molecule has 22 heavy (non-hydrogen) atoms. The number of amides is 1. The van der Waals surface area contributed by atoms with Gasteiger partial charge in [0, 0.05) is 40.5 Å². The Morgan fingerprint density at radius 2 is 1.59 bits per heavy atom. The van der Waals surface area contributed by atoms with E-state index in [1.165, 1.54) is 21.8 Å². The maximum atomic E-state index is 11.5. The van der Waals surface area contributed by atoms with Crippen molar-refractivity contribution < 1.29 is 4.79 Å². The molecule has 1 amide bonds. The van der Waals surface area contributed by atoms with Gasteiger partial charge in [0.2, 0.25) is 5.91 Å². The molecule has 1 N–H and O–H groups in total. The molecule has 0 spiro atoms. The maximum Gasteiger partial charge on any atom is 0.246 e. The van der Waals surface area contributed by atoms with Crippen LogP contribution in [0.1, 0.15) is 13.3 Å². The van der Waals surface area contributed by atoms with E-state index < -0.39 is 0 Å². The maximum absolute atomic E-state index is 11.5. The van der Waals surface area contributed by atoms with E-state index in [9.17, 15) is 4.79 Å². The minimum atomic E-state index is -0.0674. The molecular formula is C19H20N2O. The quantitative estimate of drug-likeness (QED) is 0.562. The molecule has 0 bridgehead atoms. The first-order valence-electron chi connectivity index (χ1n) is 7.58. The third kappa shape index (κ3) is 2.62. The van der Waals surface area contributed by atoms with Crippen molar-refractivity contribution in [3.8, 4) is 0 Å². The second-order valence-corrected chi connectivity index (χ2v) is 5.58. The zero-order valence-corrected chi connectivity index (χ0v) is 12.8. The van der Waals surface area contributed by atoms with Gasteiger partial charge in [0.25, 0.3) is 0 Å². The highest BCUT2D eigenvalue weighted by molar-refractivity contribution is 6.07. The smallest absolute Gasteiger partial charge is 0.246 e. The third-order valence-corrected chi connectivity index (χ3v) is 3.91. The number of para-hydroxylation sites is 2. The number of fused-ring (bicyclic) bond motifs is 3. The summed E-state index contributed by atoms with van der Waals surface area (Å²) in [5.74, 6) is -0.0674. The molecule has 2 aromatic carbocycles. The Labute approximate surface area is 130 Å². The second kappa shape index (κ2) is 6.06. The van der Waals surface area contributed by atoms with Gasteiger partial charge in [-0.1, -0.05) is 43.0 Å². The number of aryl methyl sites for hydroxylation is 1. The van der Waals surface area contributed by atoms with Crippen molar-refractivity contribution >= 4 is 27.7 Å². The first kappa shape index (κ1) is 14.4. The molecule has 0 aliphatic carbocycles. The standard InChI is InChI=1S/C19H20N2O/c1-14(2)19(22)20-12-7-13-21-17-10-5-3-8-15(17)16-9-4-6-11-18(16)21/h3-6,8-11H,1,7,12-13H2,2H3,(H,20,22). The second-order valence-electron chi connectivity index (χ2n) is 5.58. The van der Waals surface area contributed by atoms with Crippen molar-refractivity contribution in [2.45, 2.75) is 19.9 Å². The fourth-order valence-electron chi connectivity index (χ4n) is 2.83. The van der Waals surface area contributed by atoms with Crippen LogP contribution in [0.4, 0.5) is 0 Å². The number of nitrogens with one attached hydrogen (secondary N) is 1. The predicted octanol–water partition coefficient (Wildman–Crippen LogP) is 3.88. The van der Waals surface area contributed by atoms with Crippen molar-refractivity contribution in [2.75, 3.05) is 6.54 Å². The highest BCUT2D eigenvalue weighted by Crippen LogP contribution is 2.28. The Morgan fingerprint density at radius 3 is 2.14 bits per heavy atom. The number of rotatable bonds is 5. The normalized spacial score (nSPS) is 11.0. The molecule has 1 aromatic heterocycles. The molecule has 3 rings (SSSR count). The Morgan fingerprint density at radius 1 is 1.05 bits per heavy atom. The molecule has 0 saturated carbocycles. The summed E-state index contributed by atoms with van der Waals surface area (Å²) < 4.78 is 2.33. The SMILES string of the molecule is C=C(C)C(=O)NCCCn1c2ccccc2c2ccccc21. The molecular weight excluding hydrogens is 272 g/mol. The summed E-state index contributed by atoms with van der Waals surface area (Å²) in [6.07, 6.45) is 0.891. The van der Waals surface area contributed by atoms with Gasteiger partial charge in [0.1, 0.15) is 0 Å². The fraction of sp³-hybridized carbons (Fsp3) is 0.211. The molecule has 1 heterocycles. The van der Waals surface area contributed by atoms with Crippen LogP contribution in [0.25, 0.3) is 21.8 Å². The molecule has 0 aliphatic heterocycles. The van der Waals surface area contributed by atoms with Crippen molar-refractivity contribution in [3.63, 3.8) is 0 Å². The molecule has 3 heteroatoms. The summed E-state index contributed by atoms with van der Waals surface area (Å²) in [7, 11) is 0. The largest absolute Gasteiger partial charge is 0.352 e. The lowest BCUT2D eigenvalue weighted by Gasteiger charge is -2.08. The lowest BCUT2D eigenvalue weighted by molar-refractivity contribution is -0.117. The van der Waals surface area contributed by atoms with Gasteiger partial charge in [-0.2, -0.15) is 0 Å². The van der Waals surface area contributed by atoms with E-state index in [1.807, 2.05) is 0 Å². The average Bonchev–Trinajstić information content (AvgIpc) is 2.86. The monoisotopic (exact) mass is 292 g/mol. The zero-order chi connectivity index (χ0) is 15.5. The third-order valence-electron chi connectivity index (χ3n) is 3.91. The Hall–Kier alpha value is -2.55. The Balaban J connectivity index is 1.83. The van der Waals surface area contributed by atoms with E-state index in [1.54, 1.807) is 6.92 Å². The van der Waals surface area contributed by atoms with Crippen LogP contribution in [0.2, 0.25) is 0 Å². The Kier molecular flexibility index (Phi) is 3.96. The number of carbonyl (C=O) groups excluding carboxylic acids is 1. The van der Waals surface area contributed by atoms with Crippen LogP contribution in [0.5, 0.6) is 0 Å². The van der Waals surface area contributed by atoms with E-state index in [0.717, 1.165) is 13.0 Å². The highest BCUT2D eigenvalue weighted by atomic mass is 16.1. The fourth-order valence-corrected chi connectivity index (χ4v) is 2.83. The van der Waals surface area contributed by atoms with Crippen LogP contribution >= 0.6 is 0 Å². The van der Waals surface area contributed by atoms with E-state index in [4.69, 9.17) is 0 Å². The summed E-state index contributed by atoms with van der Waals surface area (Å²) in [5.41, 5.74) is 3.04. The summed E-state index contributed by atoms with van der Waals surface area (Å²) in [5, 5.41) is 5.45. The van der Waals surface area contributed by atoms with Gasteiger partial charge < -0.3 is 9.88 Å². The van der Waals surface area contributed by atoms with Crippen LogP contribution in [-0.4, -0.2) is 17.0 Å². The number of carbonyl (C=O) groups is 1. The lowest BCUT2D eigenvalue weighted by Crippen LogP contribution is -2.25. The van der Waals surface area contributed by atoms with Crippen LogP contribution < -0.4 is 5.32 Å². The van der Waals surface area contributed by atoms with Gasteiger partial charge in [-0.05, 0) is 25.5 Å². The molecule has 0 saturated heterocycles. The van der Waals surface area contributed by atoms with Crippen LogP contribution in [0.3, 0.4) is 0 Å². The molecule has 0 fully saturated rings. The van der Waals surface area contributed by atoms with Crippen molar-refractivity contribution in [3.05, 3.63) is 60.7 Å². The number of aromatic nitrogens is 1. The summed E-state index contributed by atoms with van der Waals surface area (Å²) in [6.45, 7) is 6.91. The van der Waals surface area contributed by atoms with Crippen LogP contribution in [0.15, 0.2) is 60.7 Å². The average molecular weight is 292 g/mol. The summed E-state index contributed by atoms with van der Waals surface area (Å²) >= 11 is 0. The molecule has 0 aliphatic rings. The van der Waals surface area contributed by atoms with Gasteiger partial charge >= 0.3 is 0 Å².